The van der Waals surface area contributed by atoms with Crippen LogP contribution in [0.5, 0.6) is 0 Å². The van der Waals surface area contributed by atoms with Gasteiger partial charge < -0.3 is 16.0 Å². The van der Waals surface area contributed by atoms with E-state index in [1.54, 1.807) is 60.7 Å². The van der Waals surface area contributed by atoms with Gasteiger partial charge in [-0.3, -0.25) is 4.79 Å². The lowest BCUT2D eigenvalue weighted by Crippen LogP contribution is -2.46. The molecule has 0 saturated heterocycles. The number of sulfone groups is 1. The third kappa shape index (κ3) is 7.42. The van der Waals surface area contributed by atoms with Gasteiger partial charge in [0.05, 0.1) is 4.90 Å². The van der Waals surface area contributed by atoms with E-state index in [2.05, 4.69) is 38.5 Å². The molecule has 0 aliphatic carbocycles. The van der Waals surface area contributed by atoms with Crippen molar-refractivity contribution in [2.75, 3.05) is 16.9 Å². The molecule has 4 aromatic carbocycles. The Morgan fingerprint density at radius 2 is 1.34 bits per heavy atom. The summed E-state index contributed by atoms with van der Waals surface area (Å²) in [6, 6.07) is 29.1. The number of anilines is 2. The molecule has 4 aromatic rings. The maximum Gasteiger partial charge on any atom is 0.319 e. The maximum atomic E-state index is 13.3. The fraction of sp³-hybridized carbons (Fsp3) is 0.103. The first-order valence-electron chi connectivity index (χ1n) is 11.8. The van der Waals surface area contributed by atoms with Crippen molar-refractivity contribution in [1.82, 2.24) is 5.32 Å². The van der Waals surface area contributed by atoms with Gasteiger partial charge >= 0.3 is 6.03 Å². The molecule has 0 spiro atoms. The average molecular weight is 640 g/mol. The summed E-state index contributed by atoms with van der Waals surface area (Å²) in [6.07, 6.45) is 1.47. The predicted octanol–water partition coefficient (Wildman–Crippen LogP) is 5.73. The van der Waals surface area contributed by atoms with Crippen LogP contribution in [0.15, 0.2) is 108 Å². The first-order valence-corrected chi connectivity index (χ1v) is 14.7. The molecule has 0 unspecified atom stereocenters. The van der Waals surface area contributed by atoms with E-state index in [1.165, 1.54) is 6.26 Å². The van der Waals surface area contributed by atoms with E-state index in [4.69, 9.17) is 0 Å². The molecule has 0 aliphatic rings. The van der Waals surface area contributed by atoms with E-state index < -0.39 is 21.9 Å². The zero-order chi connectivity index (χ0) is 27.1. The summed E-state index contributed by atoms with van der Waals surface area (Å²) in [5.41, 5.74) is 3.33. The van der Waals surface area contributed by atoms with Gasteiger partial charge in [-0.15, -0.1) is 0 Å². The highest BCUT2D eigenvalue weighted by molar-refractivity contribution is 14.1. The Bertz CT molecular complexity index is 1520. The molecule has 0 aliphatic heterocycles. The van der Waals surface area contributed by atoms with Gasteiger partial charge in [-0.1, -0.05) is 60.7 Å². The summed E-state index contributed by atoms with van der Waals surface area (Å²) in [5, 5.41) is 8.41. The van der Waals surface area contributed by atoms with Crippen LogP contribution in [0.1, 0.15) is 5.56 Å². The second-order valence-corrected chi connectivity index (χ2v) is 11.9. The van der Waals surface area contributed by atoms with Gasteiger partial charge in [0.1, 0.15) is 6.04 Å². The van der Waals surface area contributed by atoms with Crippen LogP contribution in [0.4, 0.5) is 16.2 Å². The lowest BCUT2D eigenvalue weighted by molar-refractivity contribution is -0.117. The molecule has 1 atom stereocenters. The number of nitrogens with one attached hydrogen (secondary N) is 3. The van der Waals surface area contributed by atoms with E-state index in [0.29, 0.717) is 28.9 Å². The van der Waals surface area contributed by atoms with Gasteiger partial charge in [0.2, 0.25) is 5.91 Å². The maximum absolute atomic E-state index is 13.3. The molecule has 0 fully saturated rings. The van der Waals surface area contributed by atoms with Crippen LogP contribution in [0, 0.1) is 3.57 Å². The van der Waals surface area contributed by atoms with Gasteiger partial charge in [-0.2, -0.15) is 0 Å². The van der Waals surface area contributed by atoms with Crippen molar-refractivity contribution in [2.45, 2.75) is 17.4 Å². The van der Waals surface area contributed by atoms with Crippen LogP contribution in [-0.4, -0.2) is 32.7 Å². The lowest BCUT2D eigenvalue weighted by atomic mass is 10.0. The molecule has 3 amide bonds. The topological polar surface area (TPSA) is 104 Å². The van der Waals surface area contributed by atoms with E-state index in [-0.39, 0.29) is 10.8 Å². The number of benzene rings is 4. The smallest absolute Gasteiger partial charge is 0.319 e. The number of hydrogen-bond acceptors (Lipinski definition) is 4. The average Bonchev–Trinajstić information content (AvgIpc) is 2.90. The lowest BCUT2D eigenvalue weighted by Gasteiger charge is -2.19. The first-order chi connectivity index (χ1) is 18.2. The molecule has 7 nitrogen and oxygen atoms in total. The minimum Gasteiger partial charge on any atom is -0.326 e. The molecule has 0 aromatic heterocycles. The quantitative estimate of drug-likeness (QED) is 0.214. The summed E-state index contributed by atoms with van der Waals surface area (Å²) < 4.78 is 25.4. The van der Waals surface area contributed by atoms with Gasteiger partial charge in [0.15, 0.2) is 9.84 Å². The van der Waals surface area contributed by atoms with E-state index >= 15 is 0 Å². The van der Waals surface area contributed by atoms with Crippen molar-refractivity contribution in [3.63, 3.8) is 0 Å². The standard InChI is InChI=1S/C29H26IN3O4S/c1-38(36,37)27-10-6-5-9-25(27)21-11-15-23(16-12-21)31-28(34)26(19-20-7-3-2-4-8-20)33-29(35)32-24-17-13-22(30)14-18-24/h2-18,26H,19H2,1H3,(H,31,34)(H2,32,33,35)/t26-/m1/s1. The van der Waals surface area contributed by atoms with Crippen molar-refractivity contribution in [3.05, 3.63) is 112 Å². The molecule has 38 heavy (non-hydrogen) atoms. The SMILES string of the molecule is CS(=O)(=O)c1ccccc1-c1ccc(NC(=O)[C@@H](Cc2ccccc2)NC(=O)Nc2ccc(I)cc2)cc1. The Kier molecular flexibility index (Phi) is 8.80. The zero-order valence-corrected chi connectivity index (χ0v) is 23.5. The zero-order valence-electron chi connectivity index (χ0n) is 20.5. The molecule has 194 valence electrons. The van der Waals surface area contributed by atoms with Gasteiger partial charge in [-0.25, -0.2) is 13.2 Å². The molecule has 0 saturated carbocycles. The Morgan fingerprint density at radius 1 is 0.763 bits per heavy atom. The first kappa shape index (κ1) is 27.3. The van der Waals surface area contributed by atoms with Gasteiger partial charge in [0.25, 0.3) is 0 Å². The van der Waals surface area contributed by atoms with Crippen molar-refractivity contribution in [1.29, 1.82) is 0 Å². The monoisotopic (exact) mass is 639 g/mol. The Morgan fingerprint density at radius 3 is 2.00 bits per heavy atom. The molecule has 9 heteroatoms. The fourth-order valence-electron chi connectivity index (χ4n) is 3.91. The highest BCUT2D eigenvalue weighted by atomic mass is 127. The van der Waals surface area contributed by atoms with Crippen LogP contribution in [0.3, 0.4) is 0 Å². The minimum absolute atomic E-state index is 0.239. The Hall–Kier alpha value is -3.70. The summed E-state index contributed by atoms with van der Waals surface area (Å²) in [6.45, 7) is 0. The van der Waals surface area contributed by atoms with E-state index in [9.17, 15) is 18.0 Å². The van der Waals surface area contributed by atoms with Crippen molar-refractivity contribution < 1.29 is 18.0 Å². The van der Waals surface area contributed by atoms with Crippen molar-refractivity contribution in [2.24, 2.45) is 0 Å². The van der Waals surface area contributed by atoms with Crippen molar-refractivity contribution >= 4 is 55.7 Å². The molecule has 0 bridgehead atoms. The second kappa shape index (κ2) is 12.2. The summed E-state index contributed by atoms with van der Waals surface area (Å²) in [7, 11) is -3.40. The number of rotatable bonds is 8. The molecule has 0 heterocycles. The Balaban J connectivity index is 1.50. The third-order valence-electron chi connectivity index (χ3n) is 5.76. The summed E-state index contributed by atoms with van der Waals surface area (Å²) in [4.78, 5) is 26.2. The largest absolute Gasteiger partial charge is 0.326 e. The van der Waals surface area contributed by atoms with Crippen LogP contribution in [0.2, 0.25) is 0 Å². The number of hydrogen-bond donors (Lipinski definition) is 3. The number of amides is 3. The molecular formula is C29H26IN3O4S. The number of carbonyl (C=O) groups is 2. The minimum atomic E-state index is -3.40. The summed E-state index contributed by atoms with van der Waals surface area (Å²) >= 11 is 2.18. The van der Waals surface area contributed by atoms with Crippen LogP contribution >= 0.6 is 22.6 Å². The molecule has 4 rings (SSSR count). The molecule has 0 radical (unpaired) electrons. The van der Waals surface area contributed by atoms with E-state index in [0.717, 1.165) is 9.13 Å². The van der Waals surface area contributed by atoms with Gasteiger partial charge in [-0.05, 0) is 76.2 Å². The molecular weight excluding hydrogens is 613 g/mol. The van der Waals surface area contributed by atoms with Crippen LogP contribution < -0.4 is 16.0 Å². The second-order valence-electron chi connectivity index (χ2n) is 8.68. The normalized spacial score (nSPS) is 11.8. The number of urea groups is 1. The third-order valence-corrected chi connectivity index (χ3v) is 7.63. The summed E-state index contributed by atoms with van der Waals surface area (Å²) in [5.74, 6) is -0.379. The highest BCUT2D eigenvalue weighted by Crippen LogP contribution is 2.28. The van der Waals surface area contributed by atoms with Crippen molar-refractivity contribution in [3.8, 4) is 11.1 Å². The number of carbonyl (C=O) groups excluding carboxylic acids is 2. The Labute approximate surface area is 235 Å². The van der Waals surface area contributed by atoms with Crippen LogP contribution in [0.25, 0.3) is 11.1 Å². The molecule has 3 N–H and O–H groups in total. The number of halogens is 1. The highest BCUT2D eigenvalue weighted by Gasteiger charge is 2.22. The van der Waals surface area contributed by atoms with Crippen LogP contribution in [-0.2, 0) is 21.1 Å². The predicted molar refractivity (Wildman–Crippen MR) is 159 cm³/mol. The van der Waals surface area contributed by atoms with Gasteiger partial charge in [0, 0.05) is 33.2 Å². The van der Waals surface area contributed by atoms with E-state index in [1.807, 2.05) is 42.5 Å². The fourth-order valence-corrected chi connectivity index (χ4v) is 5.18.